The number of hydrogen-bond donors (Lipinski definition) is 2. The van der Waals surface area contributed by atoms with Gasteiger partial charge in [-0.05, 0) is 40.3 Å². The van der Waals surface area contributed by atoms with Crippen molar-refractivity contribution in [1.82, 2.24) is 10.6 Å². The van der Waals surface area contributed by atoms with E-state index in [4.69, 9.17) is 0 Å². The quantitative estimate of drug-likeness (QED) is 0.342. The molecule has 0 unspecified atom stereocenters. The van der Waals surface area contributed by atoms with Gasteiger partial charge in [0.2, 0.25) is 0 Å². The average molecular weight is 451 g/mol. The van der Waals surface area contributed by atoms with Crippen molar-refractivity contribution in [2.24, 2.45) is 4.99 Å². The molecule has 0 aliphatic heterocycles. The zero-order valence-corrected chi connectivity index (χ0v) is 16.8. The van der Waals surface area contributed by atoms with Gasteiger partial charge in [0.05, 0.1) is 0 Å². The van der Waals surface area contributed by atoms with Crippen LogP contribution in [0.4, 0.5) is 0 Å². The smallest absolute Gasteiger partial charge is 0.191 e. The van der Waals surface area contributed by atoms with Crippen LogP contribution in [0.2, 0.25) is 0 Å². The molecule has 2 N–H and O–H groups in total. The first-order valence-electron chi connectivity index (χ1n) is 7.80. The van der Waals surface area contributed by atoms with Crippen LogP contribution >= 0.6 is 35.3 Å². The molecular weight excluding hydrogens is 429 g/mol. The van der Waals surface area contributed by atoms with Crippen molar-refractivity contribution in [2.75, 3.05) is 13.6 Å². The van der Waals surface area contributed by atoms with Crippen molar-refractivity contribution in [3.8, 4) is 0 Å². The van der Waals surface area contributed by atoms with Crippen molar-refractivity contribution >= 4 is 52.0 Å². The first-order chi connectivity index (χ1) is 11.3. The zero-order valence-electron chi connectivity index (χ0n) is 13.7. The Hall–Kier alpha value is -1.60. The maximum Gasteiger partial charge on any atom is 0.191 e. The normalized spacial score (nSPS) is 11.1. The van der Waals surface area contributed by atoms with E-state index < -0.39 is 0 Å². The van der Waals surface area contributed by atoms with Crippen LogP contribution in [0.25, 0.3) is 10.8 Å². The standard InChI is InChI=1S/C19H21N3S.HI/c1-20-19(21-11-10-18-7-4-12-23-18)22-14-15-8-9-16-5-2-3-6-17(16)13-15;/h2-9,12-13H,10-11,14H2,1H3,(H2,20,21,22);1H. The molecular formula is C19H22IN3S. The summed E-state index contributed by atoms with van der Waals surface area (Å²) >= 11 is 1.79. The van der Waals surface area contributed by atoms with Gasteiger partial charge in [-0.15, -0.1) is 35.3 Å². The maximum absolute atomic E-state index is 4.28. The Kier molecular flexibility index (Phi) is 7.52. The van der Waals surface area contributed by atoms with Gasteiger partial charge in [0, 0.05) is 25.0 Å². The van der Waals surface area contributed by atoms with Crippen LogP contribution in [-0.2, 0) is 13.0 Å². The predicted octanol–water partition coefficient (Wildman–Crippen LogP) is 4.43. The lowest BCUT2D eigenvalue weighted by Crippen LogP contribution is -2.37. The third-order valence-electron chi connectivity index (χ3n) is 3.74. The van der Waals surface area contributed by atoms with Gasteiger partial charge in [-0.1, -0.05) is 42.5 Å². The van der Waals surface area contributed by atoms with Gasteiger partial charge in [0.15, 0.2) is 5.96 Å². The predicted molar refractivity (Wildman–Crippen MR) is 116 cm³/mol. The number of nitrogens with zero attached hydrogens (tertiary/aromatic N) is 1. The van der Waals surface area contributed by atoms with Gasteiger partial charge >= 0.3 is 0 Å². The molecule has 5 heteroatoms. The van der Waals surface area contributed by atoms with E-state index in [0.29, 0.717) is 0 Å². The van der Waals surface area contributed by atoms with E-state index in [0.717, 1.165) is 25.5 Å². The number of guanidine groups is 1. The van der Waals surface area contributed by atoms with Crippen LogP contribution in [-0.4, -0.2) is 19.6 Å². The fourth-order valence-electron chi connectivity index (χ4n) is 2.51. The highest BCUT2D eigenvalue weighted by Crippen LogP contribution is 2.15. The second kappa shape index (κ2) is 9.64. The third-order valence-corrected chi connectivity index (χ3v) is 4.68. The summed E-state index contributed by atoms with van der Waals surface area (Å²) in [4.78, 5) is 5.67. The Bertz CT molecular complexity index is 784. The molecule has 0 saturated carbocycles. The van der Waals surface area contributed by atoms with Crippen LogP contribution in [0.5, 0.6) is 0 Å². The number of aliphatic imine (C=N–C) groups is 1. The molecule has 3 rings (SSSR count). The van der Waals surface area contributed by atoms with Crippen LogP contribution in [0.3, 0.4) is 0 Å². The van der Waals surface area contributed by atoms with E-state index in [1.54, 1.807) is 18.4 Å². The number of hydrogen-bond acceptors (Lipinski definition) is 2. The Morgan fingerprint density at radius 1 is 1.00 bits per heavy atom. The second-order valence-corrected chi connectivity index (χ2v) is 6.40. The Labute approximate surface area is 164 Å². The summed E-state index contributed by atoms with van der Waals surface area (Å²) in [5, 5.41) is 11.4. The molecule has 0 saturated heterocycles. The topological polar surface area (TPSA) is 36.4 Å². The van der Waals surface area contributed by atoms with E-state index in [2.05, 4.69) is 75.6 Å². The van der Waals surface area contributed by atoms with Crippen molar-refractivity contribution in [2.45, 2.75) is 13.0 Å². The second-order valence-electron chi connectivity index (χ2n) is 5.36. The van der Waals surface area contributed by atoms with Gasteiger partial charge < -0.3 is 10.6 Å². The van der Waals surface area contributed by atoms with Crippen LogP contribution in [0.15, 0.2) is 65.0 Å². The van der Waals surface area contributed by atoms with E-state index in [1.165, 1.54) is 21.2 Å². The molecule has 0 amide bonds. The minimum atomic E-state index is 0. The Morgan fingerprint density at radius 2 is 1.83 bits per heavy atom. The number of fused-ring (bicyclic) bond motifs is 1. The molecule has 3 aromatic rings. The highest BCUT2D eigenvalue weighted by Gasteiger charge is 2.00. The Morgan fingerprint density at radius 3 is 2.58 bits per heavy atom. The maximum atomic E-state index is 4.28. The molecule has 0 fully saturated rings. The molecule has 1 aromatic heterocycles. The summed E-state index contributed by atoms with van der Waals surface area (Å²) in [7, 11) is 1.81. The van der Waals surface area contributed by atoms with Gasteiger partial charge in [-0.2, -0.15) is 0 Å². The average Bonchev–Trinajstić information content (AvgIpc) is 3.11. The van der Waals surface area contributed by atoms with Crippen LogP contribution in [0.1, 0.15) is 10.4 Å². The molecule has 126 valence electrons. The Balaban J connectivity index is 0.00000208. The van der Waals surface area contributed by atoms with Gasteiger partial charge in [0.1, 0.15) is 0 Å². The van der Waals surface area contributed by atoms with Crippen molar-refractivity contribution in [3.63, 3.8) is 0 Å². The molecule has 1 heterocycles. The number of nitrogens with one attached hydrogen (secondary N) is 2. The highest BCUT2D eigenvalue weighted by molar-refractivity contribution is 14.0. The molecule has 0 radical (unpaired) electrons. The largest absolute Gasteiger partial charge is 0.356 e. The number of halogens is 1. The number of thiophene rings is 1. The molecule has 0 aliphatic rings. The summed E-state index contributed by atoms with van der Waals surface area (Å²) in [6, 6.07) is 19.2. The van der Waals surface area contributed by atoms with E-state index in [1.807, 2.05) is 0 Å². The van der Waals surface area contributed by atoms with E-state index >= 15 is 0 Å². The lowest BCUT2D eigenvalue weighted by atomic mass is 10.1. The van der Waals surface area contributed by atoms with Crippen molar-refractivity contribution in [3.05, 3.63) is 70.4 Å². The molecule has 24 heavy (non-hydrogen) atoms. The minimum absolute atomic E-state index is 0. The van der Waals surface area contributed by atoms with Gasteiger partial charge in [-0.3, -0.25) is 4.99 Å². The molecule has 2 aromatic carbocycles. The molecule has 0 spiro atoms. The SMILES string of the molecule is CN=C(NCCc1cccs1)NCc1ccc2ccccc2c1.I. The number of rotatable bonds is 5. The lowest BCUT2D eigenvalue weighted by Gasteiger charge is -2.12. The van der Waals surface area contributed by atoms with Gasteiger partial charge in [0.25, 0.3) is 0 Å². The summed E-state index contributed by atoms with van der Waals surface area (Å²) in [6.07, 6.45) is 1.02. The van der Waals surface area contributed by atoms with E-state index in [-0.39, 0.29) is 24.0 Å². The van der Waals surface area contributed by atoms with Crippen molar-refractivity contribution < 1.29 is 0 Å². The van der Waals surface area contributed by atoms with Gasteiger partial charge in [-0.25, -0.2) is 0 Å². The molecule has 0 bridgehead atoms. The fourth-order valence-corrected chi connectivity index (χ4v) is 3.22. The van der Waals surface area contributed by atoms with Crippen LogP contribution in [0, 0.1) is 0 Å². The summed E-state index contributed by atoms with van der Waals surface area (Å²) in [5.74, 6) is 0.842. The molecule has 0 atom stereocenters. The lowest BCUT2D eigenvalue weighted by molar-refractivity contribution is 0.799. The zero-order chi connectivity index (χ0) is 15.9. The summed E-state index contributed by atoms with van der Waals surface area (Å²) in [6.45, 7) is 1.65. The first kappa shape index (κ1) is 18.7. The summed E-state index contributed by atoms with van der Waals surface area (Å²) in [5.41, 5.74) is 1.25. The highest BCUT2D eigenvalue weighted by atomic mass is 127. The number of benzene rings is 2. The third kappa shape index (κ3) is 5.21. The van der Waals surface area contributed by atoms with E-state index in [9.17, 15) is 0 Å². The fraction of sp³-hybridized carbons (Fsp3) is 0.211. The minimum Gasteiger partial charge on any atom is -0.356 e. The summed E-state index contributed by atoms with van der Waals surface area (Å²) < 4.78 is 0. The first-order valence-corrected chi connectivity index (χ1v) is 8.68. The van der Waals surface area contributed by atoms with Crippen LogP contribution < -0.4 is 10.6 Å². The molecule has 0 aliphatic carbocycles. The van der Waals surface area contributed by atoms with Crippen molar-refractivity contribution in [1.29, 1.82) is 0 Å². The monoisotopic (exact) mass is 451 g/mol. The molecule has 3 nitrogen and oxygen atoms in total.